The summed E-state index contributed by atoms with van der Waals surface area (Å²) in [4.78, 5) is 2.63. The molecule has 0 radical (unpaired) electrons. The van der Waals surface area contributed by atoms with Crippen LogP contribution in [-0.4, -0.2) is 30.1 Å². The van der Waals surface area contributed by atoms with Gasteiger partial charge in [0.25, 0.3) is 0 Å². The number of piperidine rings is 1. The Bertz CT molecular complexity index is 429. The van der Waals surface area contributed by atoms with Gasteiger partial charge in [-0.1, -0.05) is 24.3 Å². The quantitative estimate of drug-likeness (QED) is 0.884. The van der Waals surface area contributed by atoms with E-state index in [9.17, 15) is 0 Å². The minimum absolute atomic E-state index is 0.384. The van der Waals surface area contributed by atoms with Crippen molar-refractivity contribution in [2.75, 3.05) is 13.1 Å². The molecule has 3 rings (SSSR count). The van der Waals surface area contributed by atoms with E-state index in [1.54, 1.807) is 11.1 Å². The molecule has 104 valence electrons. The predicted molar refractivity (Wildman–Crippen MR) is 80.4 cm³/mol. The Labute approximate surface area is 117 Å². The fraction of sp³-hybridized carbons (Fsp3) is 0.647. The summed E-state index contributed by atoms with van der Waals surface area (Å²) in [5, 5.41) is 0. The highest BCUT2D eigenvalue weighted by Gasteiger charge is 2.28. The highest BCUT2D eigenvalue weighted by atomic mass is 15.2. The molecule has 1 fully saturated rings. The van der Waals surface area contributed by atoms with Gasteiger partial charge < -0.3 is 5.73 Å². The Morgan fingerprint density at radius 3 is 2.95 bits per heavy atom. The van der Waals surface area contributed by atoms with Gasteiger partial charge in [0, 0.05) is 25.2 Å². The Balaban J connectivity index is 1.73. The van der Waals surface area contributed by atoms with Crippen molar-refractivity contribution in [2.24, 2.45) is 5.73 Å². The summed E-state index contributed by atoms with van der Waals surface area (Å²) in [6.45, 7) is 4.65. The van der Waals surface area contributed by atoms with Crippen molar-refractivity contribution in [3.8, 4) is 0 Å². The van der Waals surface area contributed by atoms with E-state index < -0.39 is 0 Å². The van der Waals surface area contributed by atoms with Crippen LogP contribution in [-0.2, 0) is 6.42 Å². The Kier molecular flexibility index (Phi) is 3.90. The number of fused-ring (bicyclic) bond motifs is 1. The average Bonchev–Trinajstić information content (AvgIpc) is 2.43. The molecule has 1 aliphatic carbocycles. The van der Waals surface area contributed by atoms with Crippen molar-refractivity contribution in [1.29, 1.82) is 0 Å². The molecule has 2 heteroatoms. The molecular formula is C17H26N2. The zero-order valence-corrected chi connectivity index (χ0v) is 12.0. The zero-order chi connectivity index (χ0) is 13.2. The van der Waals surface area contributed by atoms with E-state index in [1.165, 1.54) is 38.6 Å². The van der Waals surface area contributed by atoms with Crippen molar-refractivity contribution in [1.82, 2.24) is 4.90 Å². The summed E-state index contributed by atoms with van der Waals surface area (Å²) in [5.41, 5.74) is 9.32. The van der Waals surface area contributed by atoms with Crippen molar-refractivity contribution in [3.05, 3.63) is 35.4 Å². The van der Waals surface area contributed by atoms with Crippen LogP contribution < -0.4 is 5.73 Å². The van der Waals surface area contributed by atoms with E-state index in [0.717, 1.165) is 12.5 Å². The van der Waals surface area contributed by atoms with Crippen LogP contribution in [0.3, 0.4) is 0 Å². The Morgan fingerprint density at radius 2 is 2.05 bits per heavy atom. The molecule has 2 N–H and O–H groups in total. The van der Waals surface area contributed by atoms with Crippen LogP contribution in [0.1, 0.15) is 49.7 Å². The van der Waals surface area contributed by atoms with Crippen LogP contribution in [0, 0.1) is 0 Å². The molecule has 1 aromatic carbocycles. The van der Waals surface area contributed by atoms with E-state index in [-0.39, 0.29) is 0 Å². The number of benzene rings is 1. The molecule has 2 aliphatic rings. The highest BCUT2D eigenvalue weighted by molar-refractivity contribution is 5.32. The second kappa shape index (κ2) is 5.64. The van der Waals surface area contributed by atoms with Gasteiger partial charge in [0.1, 0.15) is 0 Å². The van der Waals surface area contributed by atoms with Crippen molar-refractivity contribution >= 4 is 0 Å². The second-order valence-corrected chi connectivity index (χ2v) is 6.43. The second-order valence-electron chi connectivity index (χ2n) is 6.43. The van der Waals surface area contributed by atoms with Gasteiger partial charge in [-0.2, -0.15) is 0 Å². The van der Waals surface area contributed by atoms with E-state index in [2.05, 4.69) is 36.1 Å². The first-order chi connectivity index (χ1) is 9.24. The maximum absolute atomic E-state index is 6.15. The number of hydrogen-bond donors (Lipinski definition) is 1. The van der Waals surface area contributed by atoms with E-state index in [4.69, 9.17) is 5.73 Å². The molecule has 19 heavy (non-hydrogen) atoms. The van der Waals surface area contributed by atoms with Gasteiger partial charge in [-0.25, -0.2) is 0 Å². The predicted octanol–water partition coefficient (Wildman–Crippen LogP) is 2.92. The molecule has 3 atom stereocenters. The summed E-state index contributed by atoms with van der Waals surface area (Å²) >= 11 is 0. The molecule has 0 amide bonds. The zero-order valence-electron chi connectivity index (χ0n) is 12.0. The van der Waals surface area contributed by atoms with E-state index in [0.29, 0.717) is 12.1 Å². The fourth-order valence-corrected chi connectivity index (χ4v) is 3.79. The molecule has 0 bridgehead atoms. The monoisotopic (exact) mass is 258 g/mol. The lowest BCUT2D eigenvalue weighted by Gasteiger charge is -2.40. The van der Waals surface area contributed by atoms with Crippen molar-refractivity contribution < 1.29 is 0 Å². The highest BCUT2D eigenvalue weighted by Crippen LogP contribution is 2.33. The average molecular weight is 258 g/mol. The molecule has 1 aliphatic heterocycles. The lowest BCUT2D eigenvalue weighted by atomic mass is 9.82. The van der Waals surface area contributed by atoms with Gasteiger partial charge in [-0.05, 0) is 56.1 Å². The molecule has 1 aromatic rings. The fourth-order valence-electron chi connectivity index (χ4n) is 3.79. The van der Waals surface area contributed by atoms with Gasteiger partial charge in [0.2, 0.25) is 0 Å². The number of rotatable bonds is 2. The van der Waals surface area contributed by atoms with Gasteiger partial charge in [0.15, 0.2) is 0 Å². The molecule has 0 spiro atoms. The van der Waals surface area contributed by atoms with Crippen LogP contribution in [0.5, 0.6) is 0 Å². The first kappa shape index (κ1) is 13.1. The number of aryl methyl sites for hydroxylation is 1. The van der Waals surface area contributed by atoms with Crippen LogP contribution in [0.2, 0.25) is 0 Å². The number of nitrogens with two attached hydrogens (primary N) is 1. The van der Waals surface area contributed by atoms with Crippen molar-refractivity contribution in [2.45, 2.75) is 57.0 Å². The topological polar surface area (TPSA) is 29.3 Å². The third kappa shape index (κ3) is 2.85. The summed E-state index contributed by atoms with van der Waals surface area (Å²) in [6, 6.07) is 10.1. The first-order valence-electron chi connectivity index (χ1n) is 7.81. The Morgan fingerprint density at radius 1 is 1.21 bits per heavy atom. The van der Waals surface area contributed by atoms with Gasteiger partial charge in [-0.15, -0.1) is 0 Å². The smallest absolute Gasteiger partial charge is 0.0168 e. The van der Waals surface area contributed by atoms with Crippen LogP contribution in [0.15, 0.2) is 24.3 Å². The minimum atomic E-state index is 0.384. The molecule has 1 heterocycles. The standard InChI is InChI=1S/C17H26N2/c1-13-9-10-16(18)12-19(13)11-15-7-4-6-14-5-2-3-8-17(14)15/h2-3,5,8,13,15-16H,4,6-7,9-12,18H2,1H3. The first-order valence-corrected chi connectivity index (χ1v) is 7.81. The van der Waals surface area contributed by atoms with Gasteiger partial charge >= 0.3 is 0 Å². The number of likely N-dealkylation sites (tertiary alicyclic amines) is 1. The summed E-state index contributed by atoms with van der Waals surface area (Å²) in [6.07, 6.45) is 6.40. The summed E-state index contributed by atoms with van der Waals surface area (Å²) in [5.74, 6) is 0.720. The third-order valence-corrected chi connectivity index (χ3v) is 5.00. The number of hydrogen-bond acceptors (Lipinski definition) is 2. The van der Waals surface area contributed by atoms with Crippen LogP contribution >= 0.6 is 0 Å². The Hall–Kier alpha value is -0.860. The lowest BCUT2D eigenvalue weighted by Crippen LogP contribution is -2.49. The molecule has 0 aromatic heterocycles. The van der Waals surface area contributed by atoms with Crippen molar-refractivity contribution in [3.63, 3.8) is 0 Å². The SMILES string of the molecule is CC1CCC(N)CN1CC1CCCc2ccccc21. The number of nitrogens with zero attached hydrogens (tertiary/aromatic N) is 1. The molecule has 2 nitrogen and oxygen atoms in total. The maximum atomic E-state index is 6.15. The van der Waals surface area contributed by atoms with Gasteiger partial charge in [0.05, 0.1) is 0 Å². The normalized spacial score (nSPS) is 32.0. The van der Waals surface area contributed by atoms with Gasteiger partial charge in [-0.3, -0.25) is 4.90 Å². The molecular weight excluding hydrogens is 232 g/mol. The van der Waals surface area contributed by atoms with E-state index >= 15 is 0 Å². The largest absolute Gasteiger partial charge is 0.327 e. The lowest BCUT2D eigenvalue weighted by molar-refractivity contribution is 0.133. The van der Waals surface area contributed by atoms with Crippen LogP contribution in [0.25, 0.3) is 0 Å². The molecule has 1 saturated heterocycles. The van der Waals surface area contributed by atoms with E-state index in [1.807, 2.05) is 0 Å². The minimum Gasteiger partial charge on any atom is -0.327 e. The molecule has 0 saturated carbocycles. The maximum Gasteiger partial charge on any atom is 0.0168 e. The third-order valence-electron chi connectivity index (χ3n) is 5.00. The van der Waals surface area contributed by atoms with Crippen LogP contribution in [0.4, 0.5) is 0 Å². The molecule has 3 unspecified atom stereocenters. The summed E-state index contributed by atoms with van der Waals surface area (Å²) in [7, 11) is 0. The summed E-state index contributed by atoms with van der Waals surface area (Å²) < 4.78 is 0.